The molecule has 0 saturated heterocycles. The van der Waals surface area contributed by atoms with Crippen molar-refractivity contribution in [1.29, 1.82) is 0 Å². The van der Waals surface area contributed by atoms with Gasteiger partial charge in [-0.3, -0.25) is 9.48 Å². The van der Waals surface area contributed by atoms with Crippen molar-refractivity contribution in [2.75, 3.05) is 6.54 Å². The fourth-order valence-corrected chi connectivity index (χ4v) is 1.49. The molecule has 0 fully saturated rings. The van der Waals surface area contributed by atoms with Crippen molar-refractivity contribution in [1.82, 2.24) is 15.1 Å². The number of hydrogen-bond acceptors (Lipinski definition) is 3. The number of amides is 1. The number of aromatic nitrogens is 2. The molecular weight excluding hydrogens is 216 g/mol. The summed E-state index contributed by atoms with van der Waals surface area (Å²) in [4.78, 5) is 11.6. The van der Waals surface area contributed by atoms with Crippen LogP contribution in [0.3, 0.4) is 0 Å². The Hall–Kier alpha value is -1.36. The number of hydrogen-bond donors (Lipinski definition) is 2. The van der Waals surface area contributed by atoms with Crippen LogP contribution in [-0.2, 0) is 11.3 Å². The Morgan fingerprint density at radius 3 is 2.71 bits per heavy atom. The molecule has 0 aliphatic carbocycles. The molecular formula is C12H22N4O. The summed E-state index contributed by atoms with van der Waals surface area (Å²) in [6.07, 6.45) is 3.66. The summed E-state index contributed by atoms with van der Waals surface area (Å²) in [6, 6.07) is 1.46. The number of nitrogens with zero attached hydrogens (tertiary/aromatic N) is 2. The first kappa shape index (κ1) is 13.7. The van der Waals surface area contributed by atoms with E-state index in [2.05, 4.69) is 17.3 Å². The van der Waals surface area contributed by atoms with Crippen molar-refractivity contribution < 1.29 is 4.79 Å². The highest BCUT2D eigenvalue weighted by Crippen LogP contribution is 2.00. The van der Waals surface area contributed by atoms with Crippen molar-refractivity contribution in [2.45, 2.75) is 33.4 Å². The topological polar surface area (TPSA) is 72.9 Å². The molecule has 3 N–H and O–H groups in total. The van der Waals surface area contributed by atoms with Gasteiger partial charge in [0.25, 0.3) is 0 Å². The normalized spacial score (nSPS) is 14.6. The maximum Gasteiger partial charge on any atom is 0.237 e. The fourth-order valence-electron chi connectivity index (χ4n) is 1.49. The van der Waals surface area contributed by atoms with Crippen LogP contribution in [-0.4, -0.2) is 28.3 Å². The highest BCUT2D eigenvalue weighted by molar-refractivity contribution is 5.81. The first-order chi connectivity index (χ1) is 8.00. The first-order valence-electron chi connectivity index (χ1n) is 6.01. The van der Waals surface area contributed by atoms with E-state index in [-0.39, 0.29) is 11.8 Å². The minimum Gasteiger partial charge on any atom is -0.354 e. The largest absolute Gasteiger partial charge is 0.354 e. The molecule has 0 aliphatic rings. The third-order valence-corrected chi connectivity index (χ3v) is 2.70. The molecule has 0 aliphatic heterocycles. The molecule has 0 aromatic carbocycles. The third-order valence-electron chi connectivity index (χ3n) is 2.70. The number of rotatable bonds is 6. The van der Waals surface area contributed by atoms with Crippen LogP contribution in [0.25, 0.3) is 0 Å². The van der Waals surface area contributed by atoms with Gasteiger partial charge in [-0.2, -0.15) is 5.10 Å². The van der Waals surface area contributed by atoms with Gasteiger partial charge in [-0.25, -0.2) is 0 Å². The Kier molecular flexibility index (Phi) is 5.15. The zero-order chi connectivity index (χ0) is 12.8. The summed E-state index contributed by atoms with van der Waals surface area (Å²) in [7, 11) is 0. The summed E-state index contributed by atoms with van der Waals surface area (Å²) in [5, 5.41) is 7.00. The van der Waals surface area contributed by atoms with E-state index < -0.39 is 6.04 Å². The Bertz CT molecular complexity index is 334. The van der Waals surface area contributed by atoms with E-state index in [1.807, 2.05) is 30.8 Å². The van der Waals surface area contributed by atoms with Crippen LogP contribution in [0.5, 0.6) is 0 Å². The van der Waals surface area contributed by atoms with Gasteiger partial charge < -0.3 is 11.1 Å². The highest BCUT2D eigenvalue weighted by Gasteiger charge is 2.17. The summed E-state index contributed by atoms with van der Waals surface area (Å²) in [5.41, 5.74) is 5.75. The van der Waals surface area contributed by atoms with Gasteiger partial charge in [0, 0.05) is 25.5 Å². The Labute approximate surface area is 102 Å². The van der Waals surface area contributed by atoms with E-state index in [9.17, 15) is 4.79 Å². The fraction of sp³-hybridized carbons (Fsp3) is 0.667. The van der Waals surface area contributed by atoms with Gasteiger partial charge in [0.05, 0.1) is 6.04 Å². The molecule has 1 heterocycles. The molecule has 17 heavy (non-hydrogen) atoms. The summed E-state index contributed by atoms with van der Waals surface area (Å²) in [6.45, 7) is 7.38. The molecule has 1 unspecified atom stereocenters. The zero-order valence-electron chi connectivity index (χ0n) is 10.8. The second kappa shape index (κ2) is 6.39. The summed E-state index contributed by atoms with van der Waals surface area (Å²) >= 11 is 0. The molecule has 2 atom stereocenters. The average Bonchev–Trinajstić information content (AvgIpc) is 2.77. The van der Waals surface area contributed by atoms with Crippen molar-refractivity contribution in [3.8, 4) is 0 Å². The third kappa shape index (κ3) is 4.56. The highest BCUT2D eigenvalue weighted by atomic mass is 16.2. The Morgan fingerprint density at radius 2 is 2.18 bits per heavy atom. The predicted molar refractivity (Wildman–Crippen MR) is 67.2 cm³/mol. The number of nitrogens with one attached hydrogen (secondary N) is 1. The van der Waals surface area contributed by atoms with Gasteiger partial charge in [-0.1, -0.05) is 20.8 Å². The lowest BCUT2D eigenvalue weighted by Crippen LogP contribution is -2.45. The molecule has 1 amide bonds. The van der Waals surface area contributed by atoms with Gasteiger partial charge in [-0.15, -0.1) is 0 Å². The van der Waals surface area contributed by atoms with Crippen LogP contribution in [0.1, 0.15) is 20.8 Å². The number of carbonyl (C=O) groups excluding carboxylic acids is 1. The predicted octanol–water partition coefficient (Wildman–Crippen LogP) is 0.619. The Morgan fingerprint density at radius 1 is 1.47 bits per heavy atom. The Balaban J connectivity index is 2.28. The van der Waals surface area contributed by atoms with Crippen molar-refractivity contribution in [3.63, 3.8) is 0 Å². The van der Waals surface area contributed by atoms with Crippen molar-refractivity contribution >= 4 is 5.91 Å². The van der Waals surface area contributed by atoms with Crippen LogP contribution in [0.2, 0.25) is 0 Å². The summed E-state index contributed by atoms with van der Waals surface area (Å²) < 4.78 is 1.86. The van der Waals surface area contributed by atoms with E-state index >= 15 is 0 Å². The van der Waals surface area contributed by atoms with E-state index in [4.69, 9.17) is 5.73 Å². The minimum atomic E-state index is -0.424. The lowest BCUT2D eigenvalue weighted by Gasteiger charge is -2.17. The molecule has 1 aromatic rings. The van der Waals surface area contributed by atoms with E-state index in [1.165, 1.54) is 0 Å². The molecule has 1 aromatic heterocycles. The van der Waals surface area contributed by atoms with Crippen LogP contribution in [0.4, 0.5) is 0 Å². The smallest absolute Gasteiger partial charge is 0.237 e. The second-order valence-electron chi connectivity index (χ2n) is 4.85. The van der Waals surface area contributed by atoms with Crippen molar-refractivity contribution in [3.05, 3.63) is 18.5 Å². The van der Waals surface area contributed by atoms with Crippen LogP contribution >= 0.6 is 0 Å². The molecule has 5 heteroatoms. The lowest BCUT2D eigenvalue weighted by atomic mass is 10.0. The molecule has 1 rings (SSSR count). The molecule has 0 spiro atoms. The maximum atomic E-state index is 11.6. The lowest BCUT2D eigenvalue weighted by molar-refractivity contribution is -0.123. The van der Waals surface area contributed by atoms with Gasteiger partial charge in [0.1, 0.15) is 0 Å². The monoisotopic (exact) mass is 238 g/mol. The van der Waals surface area contributed by atoms with E-state index in [0.29, 0.717) is 12.5 Å². The minimum absolute atomic E-state index is 0.0766. The molecule has 96 valence electrons. The summed E-state index contributed by atoms with van der Waals surface area (Å²) in [5.74, 6) is 0.418. The molecule has 0 saturated carbocycles. The van der Waals surface area contributed by atoms with Gasteiger partial charge in [0.15, 0.2) is 0 Å². The maximum absolute atomic E-state index is 11.6. The van der Waals surface area contributed by atoms with Gasteiger partial charge in [-0.05, 0) is 17.9 Å². The van der Waals surface area contributed by atoms with Gasteiger partial charge in [0.2, 0.25) is 5.91 Å². The molecule has 0 bridgehead atoms. The second-order valence-corrected chi connectivity index (χ2v) is 4.85. The average molecular weight is 238 g/mol. The standard InChI is InChI=1S/C12H22N4O/c1-9(2)11(13)12(17)14-7-10(3)8-16-6-4-5-15-16/h4-6,9-11H,7-8,13H2,1-3H3,(H,14,17)/t10?,11-/m0/s1. The van der Waals surface area contributed by atoms with Crippen LogP contribution < -0.4 is 11.1 Å². The zero-order valence-corrected chi connectivity index (χ0v) is 10.8. The van der Waals surface area contributed by atoms with Crippen LogP contribution in [0.15, 0.2) is 18.5 Å². The molecule has 0 radical (unpaired) electrons. The molecule has 5 nitrogen and oxygen atoms in total. The number of nitrogens with two attached hydrogens (primary N) is 1. The van der Waals surface area contributed by atoms with E-state index in [0.717, 1.165) is 6.54 Å². The van der Waals surface area contributed by atoms with Crippen LogP contribution in [0, 0.1) is 11.8 Å². The van der Waals surface area contributed by atoms with Crippen molar-refractivity contribution in [2.24, 2.45) is 17.6 Å². The SMILES string of the molecule is CC(CNC(=O)[C@@H](N)C(C)C)Cn1cccn1. The van der Waals surface area contributed by atoms with Gasteiger partial charge >= 0.3 is 0 Å². The quantitative estimate of drug-likeness (QED) is 0.763. The van der Waals surface area contributed by atoms with E-state index in [1.54, 1.807) is 6.20 Å². The first-order valence-corrected chi connectivity index (χ1v) is 6.01. The number of carbonyl (C=O) groups is 1.